The molecule has 150 valence electrons. The van der Waals surface area contributed by atoms with Gasteiger partial charge in [0, 0.05) is 22.4 Å². The molecule has 0 radical (unpaired) electrons. The highest BCUT2D eigenvalue weighted by atomic mass is 32.2. The highest BCUT2D eigenvalue weighted by Crippen LogP contribution is 2.38. The van der Waals surface area contributed by atoms with Gasteiger partial charge in [-0.25, -0.2) is 14.4 Å². The Morgan fingerprint density at radius 1 is 1.21 bits per heavy atom. The zero-order valence-corrected chi connectivity index (χ0v) is 17.8. The number of hydrogen-bond donors (Lipinski definition) is 0. The van der Waals surface area contributed by atoms with Gasteiger partial charge in [0.05, 0.1) is 5.25 Å². The number of carbonyl (C=O) groups excluding carboxylic acids is 2. The summed E-state index contributed by atoms with van der Waals surface area (Å²) in [4.78, 5) is 38.3. The van der Waals surface area contributed by atoms with E-state index in [0.717, 1.165) is 33.6 Å². The van der Waals surface area contributed by atoms with Crippen molar-refractivity contribution in [3.8, 4) is 0 Å². The van der Waals surface area contributed by atoms with Gasteiger partial charge in [-0.05, 0) is 56.5 Å². The first-order chi connectivity index (χ1) is 14.0. The van der Waals surface area contributed by atoms with Crippen molar-refractivity contribution in [3.63, 3.8) is 0 Å². The van der Waals surface area contributed by atoms with Crippen LogP contribution in [-0.4, -0.2) is 38.5 Å². The summed E-state index contributed by atoms with van der Waals surface area (Å²) in [5.41, 5.74) is 1.45. The predicted octanol–water partition coefficient (Wildman–Crippen LogP) is 4.76. The number of likely N-dealkylation sites (tertiary alicyclic amines) is 1. The van der Waals surface area contributed by atoms with Crippen LogP contribution >= 0.6 is 23.1 Å². The second-order valence-corrected chi connectivity index (χ2v) is 9.44. The topological polar surface area (TPSA) is 63.2 Å². The Morgan fingerprint density at radius 3 is 2.72 bits per heavy atom. The van der Waals surface area contributed by atoms with Gasteiger partial charge in [0.1, 0.15) is 22.0 Å². The third-order valence-corrected chi connectivity index (χ3v) is 7.53. The summed E-state index contributed by atoms with van der Waals surface area (Å²) in [5, 5.41) is 1.39. The molecule has 29 heavy (non-hydrogen) atoms. The molecule has 1 aromatic carbocycles. The van der Waals surface area contributed by atoms with E-state index in [9.17, 15) is 14.0 Å². The number of nitrogens with zero attached hydrogens (tertiary/aromatic N) is 3. The number of benzene rings is 1. The van der Waals surface area contributed by atoms with E-state index >= 15 is 0 Å². The third kappa shape index (κ3) is 3.91. The van der Waals surface area contributed by atoms with Crippen molar-refractivity contribution in [1.82, 2.24) is 14.9 Å². The number of thioether (sulfide) groups is 1. The number of thiophene rings is 1. The quantitative estimate of drug-likeness (QED) is 0.444. The highest BCUT2D eigenvalue weighted by molar-refractivity contribution is 8.00. The van der Waals surface area contributed by atoms with Crippen molar-refractivity contribution < 1.29 is 14.0 Å². The van der Waals surface area contributed by atoms with Crippen LogP contribution in [0.2, 0.25) is 0 Å². The fourth-order valence-electron chi connectivity index (χ4n) is 3.44. The van der Waals surface area contributed by atoms with Gasteiger partial charge in [0.2, 0.25) is 5.91 Å². The lowest BCUT2D eigenvalue weighted by Gasteiger charge is -2.22. The summed E-state index contributed by atoms with van der Waals surface area (Å²) >= 11 is 3.03. The highest BCUT2D eigenvalue weighted by Gasteiger charge is 2.33. The molecule has 0 saturated carbocycles. The minimum Gasteiger partial charge on any atom is -0.278 e. The predicted molar refractivity (Wildman–Crippen MR) is 113 cm³/mol. The van der Waals surface area contributed by atoms with Crippen molar-refractivity contribution in [2.75, 3.05) is 6.54 Å². The second kappa shape index (κ2) is 8.20. The largest absolute Gasteiger partial charge is 0.278 e. The van der Waals surface area contributed by atoms with Crippen molar-refractivity contribution in [2.24, 2.45) is 0 Å². The van der Waals surface area contributed by atoms with Crippen LogP contribution in [0.5, 0.6) is 0 Å². The van der Waals surface area contributed by atoms with Gasteiger partial charge in [-0.2, -0.15) is 0 Å². The molecule has 0 spiro atoms. The summed E-state index contributed by atoms with van der Waals surface area (Å²) in [7, 11) is 0. The van der Waals surface area contributed by atoms with Gasteiger partial charge in [0.15, 0.2) is 0 Å². The molecule has 1 atom stereocenters. The maximum absolute atomic E-state index is 13.2. The van der Waals surface area contributed by atoms with Crippen LogP contribution in [0, 0.1) is 19.7 Å². The Bertz CT molecular complexity index is 1080. The SMILES string of the molecule is Cc1sc2ncnc(S[C@H]3CCCCN(C(=O)c4ccc(F)cc4)C3=O)c2c1C. The number of rotatable bonds is 3. The van der Waals surface area contributed by atoms with Gasteiger partial charge in [-0.1, -0.05) is 18.2 Å². The summed E-state index contributed by atoms with van der Waals surface area (Å²) in [5.74, 6) is -0.998. The zero-order chi connectivity index (χ0) is 20.5. The molecule has 0 bridgehead atoms. The summed E-state index contributed by atoms with van der Waals surface area (Å²) in [6.07, 6.45) is 3.82. The van der Waals surface area contributed by atoms with Crippen molar-refractivity contribution in [2.45, 2.75) is 43.4 Å². The third-order valence-electron chi connectivity index (χ3n) is 5.16. The van der Waals surface area contributed by atoms with Crippen molar-refractivity contribution in [3.05, 3.63) is 52.4 Å². The smallest absolute Gasteiger partial charge is 0.260 e. The minimum absolute atomic E-state index is 0.210. The number of amides is 2. The lowest BCUT2D eigenvalue weighted by atomic mass is 10.2. The molecule has 1 fully saturated rings. The Kier molecular flexibility index (Phi) is 5.65. The first-order valence-corrected chi connectivity index (χ1v) is 11.1. The van der Waals surface area contributed by atoms with E-state index in [1.165, 1.54) is 52.1 Å². The Balaban J connectivity index is 1.62. The second-order valence-electron chi connectivity index (χ2n) is 7.05. The standard InChI is InChI=1S/C21H20FN3O2S2/c1-12-13(2)28-18-17(12)19(24-11-23-18)29-16-5-3-4-10-25(21(16)27)20(26)14-6-8-15(22)9-7-14/h6-9,11,16H,3-5,10H2,1-2H3/t16-/m0/s1. The summed E-state index contributed by atoms with van der Waals surface area (Å²) in [6, 6.07) is 5.31. The molecule has 3 heterocycles. The van der Waals surface area contributed by atoms with Crippen molar-refractivity contribution in [1.29, 1.82) is 0 Å². The maximum atomic E-state index is 13.2. The van der Waals surface area contributed by atoms with Gasteiger partial charge in [-0.3, -0.25) is 14.5 Å². The number of fused-ring (bicyclic) bond motifs is 1. The average molecular weight is 430 g/mol. The molecule has 2 aromatic heterocycles. The molecular weight excluding hydrogens is 409 g/mol. The van der Waals surface area contributed by atoms with Crippen LogP contribution < -0.4 is 0 Å². The van der Waals surface area contributed by atoms with Crippen LogP contribution in [0.15, 0.2) is 35.6 Å². The minimum atomic E-state index is -0.411. The fourth-order valence-corrected chi connectivity index (χ4v) is 5.76. The molecule has 0 N–H and O–H groups in total. The van der Waals surface area contributed by atoms with E-state index in [1.54, 1.807) is 11.3 Å². The van der Waals surface area contributed by atoms with Crippen LogP contribution in [0.4, 0.5) is 4.39 Å². The van der Waals surface area contributed by atoms with E-state index in [-0.39, 0.29) is 17.1 Å². The molecular formula is C21H20FN3O2S2. The van der Waals surface area contributed by atoms with E-state index in [2.05, 4.69) is 16.9 Å². The fraction of sp³-hybridized carbons (Fsp3) is 0.333. The number of imide groups is 1. The van der Waals surface area contributed by atoms with Crippen LogP contribution in [0.3, 0.4) is 0 Å². The molecule has 1 saturated heterocycles. The monoisotopic (exact) mass is 429 g/mol. The first kappa shape index (κ1) is 20.0. The molecule has 8 heteroatoms. The van der Waals surface area contributed by atoms with Crippen molar-refractivity contribution >= 4 is 45.1 Å². The number of aromatic nitrogens is 2. The van der Waals surface area contributed by atoms with E-state index in [0.29, 0.717) is 18.5 Å². The van der Waals surface area contributed by atoms with Crippen LogP contribution in [-0.2, 0) is 4.79 Å². The Labute approximate surface area is 176 Å². The molecule has 1 aliphatic rings. The Morgan fingerprint density at radius 2 is 1.97 bits per heavy atom. The molecule has 0 unspecified atom stereocenters. The molecule has 0 aliphatic carbocycles. The number of hydrogen-bond acceptors (Lipinski definition) is 6. The number of aryl methyl sites for hydroxylation is 2. The lowest BCUT2D eigenvalue weighted by Crippen LogP contribution is -2.41. The number of carbonyl (C=O) groups is 2. The molecule has 4 rings (SSSR count). The van der Waals surface area contributed by atoms with Gasteiger partial charge in [0.25, 0.3) is 5.91 Å². The maximum Gasteiger partial charge on any atom is 0.260 e. The normalized spacial score (nSPS) is 17.6. The molecule has 3 aromatic rings. The lowest BCUT2D eigenvalue weighted by molar-refractivity contribution is -0.127. The molecule has 1 aliphatic heterocycles. The summed E-state index contributed by atoms with van der Waals surface area (Å²) in [6.45, 7) is 4.47. The van der Waals surface area contributed by atoms with Gasteiger partial charge in [-0.15, -0.1) is 11.3 Å². The Hall–Kier alpha value is -2.32. The number of halogens is 1. The van der Waals surface area contributed by atoms with Gasteiger partial charge < -0.3 is 0 Å². The van der Waals surface area contributed by atoms with E-state index < -0.39 is 5.82 Å². The van der Waals surface area contributed by atoms with E-state index in [4.69, 9.17) is 0 Å². The zero-order valence-electron chi connectivity index (χ0n) is 16.1. The molecule has 5 nitrogen and oxygen atoms in total. The van der Waals surface area contributed by atoms with Gasteiger partial charge >= 0.3 is 0 Å². The van der Waals surface area contributed by atoms with E-state index in [1.807, 2.05) is 6.92 Å². The first-order valence-electron chi connectivity index (χ1n) is 9.44. The van der Waals surface area contributed by atoms with Crippen LogP contribution in [0.1, 0.15) is 40.1 Å². The summed E-state index contributed by atoms with van der Waals surface area (Å²) < 4.78 is 13.2. The van der Waals surface area contributed by atoms with Crippen LogP contribution in [0.25, 0.3) is 10.2 Å². The molecule has 2 amide bonds. The average Bonchev–Trinajstić information content (AvgIpc) is 2.89.